The summed E-state index contributed by atoms with van der Waals surface area (Å²) in [7, 11) is -0.671. The van der Waals surface area contributed by atoms with Crippen LogP contribution in [0.2, 0.25) is 0 Å². The molecule has 0 fully saturated rings. The molecular formula is C16H15N3O5S2. The van der Waals surface area contributed by atoms with Crippen molar-refractivity contribution >= 4 is 27.3 Å². The molecule has 1 aromatic carbocycles. The van der Waals surface area contributed by atoms with Crippen LogP contribution < -0.4 is 0 Å². The zero-order valence-electron chi connectivity index (χ0n) is 13.9. The predicted molar refractivity (Wildman–Crippen MR) is 94.0 cm³/mol. The maximum Gasteiger partial charge on any atom is 0.338 e. The Labute approximate surface area is 154 Å². The first-order valence-electron chi connectivity index (χ1n) is 7.44. The Hall–Kier alpha value is -2.56. The van der Waals surface area contributed by atoms with Crippen molar-refractivity contribution in [1.82, 2.24) is 14.4 Å². The average molecular weight is 393 g/mol. The first-order chi connectivity index (χ1) is 12.4. The summed E-state index contributed by atoms with van der Waals surface area (Å²) in [6, 6.07) is 9.22. The molecular weight excluding hydrogens is 378 g/mol. The topological polar surface area (TPSA) is 103 Å². The maximum absolute atomic E-state index is 12.1. The number of rotatable bonds is 6. The summed E-state index contributed by atoms with van der Waals surface area (Å²) in [5.74, 6) is -0.00692. The monoisotopic (exact) mass is 393 g/mol. The van der Waals surface area contributed by atoms with Gasteiger partial charge in [-0.3, -0.25) is 0 Å². The van der Waals surface area contributed by atoms with Gasteiger partial charge < -0.3 is 9.26 Å². The van der Waals surface area contributed by atoms with E-state index in [-0.39, 0.29) is 23.0 Å². The van der Waals surface area contributed by atoms with Gasteiger partial charge in [-0.15, -0.1) is 11.3 Å². The van der Waals surface area contributed by atoms with Crippen molar-refractivity contribution in [1.29, 1.82) is 0 Å². The molecule has 0 N–H and O–H groups in total. The molecule has 0 atom stereocenters. The molecule has 0 saturated heterocycles. The lowest BCUT2D eigenvalue weighted by atomic mass is 10.2. The van der Waals surface area contributed by atoms with Crippen molar-refractivity contribution in [3.05, 3.63) is 53.2 Å². The number of esters is 1. The molecule has 2 aromatic heterocycles. The number of carbonyl (C=O) groups excluding carboxylic acids is 1. The molecule has 0 bridgehead atoms. The number of ether oxygens (including phenoxy) is 1. The molecule has 3 aromatic rings. The van der Waals surface area contributed by atoms with Gasteiger partial charge in [-0.05, 0) is 35.7 Å². The summed E-state index contributed by atoms with van der Waals surface area (Å²) in [6.07, 6.45) is 0. The smallest absolute Gasteiger partial charge is 0.338 e. The van der Waals surface area contributed by atoms with E-state index in [9.17, 15) is 13.2 Å². The van der Waals surface area contributed by atoms with Crippen molar-refractivity contribution in [3.8, 4) is 10.7 Å². The Kier molecular flexibility index (Phi) is 5.16. The lowest BCUT2D eigenvalue weighted by molar-refractivity contribution is 0.0429. The molecule has 0 spiro atoms. The van der Waals surface area contributed by atoms with E-state index in [4.69, 9.17) is 9.26 Å². The zero-order valence-corrected chi connectivity index (χ0v) is 15.6. The zero-order chi connectivity index (χ0) is 18.7. The highest BCUT2D eigenvalue weighted by atomic mass is 32.2. The summed E-state index contributed by atoms with van der Waals surface area (Å²) in [4.78, 5) is 17.2. The molecule has 0 amide bonds. The van der Waals surface area contributed by atoms with Crippen LogP contribution in [-0.2, 0) is 21.4 Å². The Balaban J connectivity index is 1.64. The second-order valence-electron chi connectivity index (χ2n) is 5.38. The normalized spacial score (nSPS) is 11.7. The van der Waals surface area contributed by atoms with Crippen LogP contribution in [0.25, 0.3) is 10.7 Å². The third-order valence-electron chi connectivity index (χ3n) is 3.40. The van der Waals surface area contributed by atoms with E-state index in [0.29, 0.717) is 5.82 Å². The van der Waals surface area contributed by atoms with Gasteiger partial charge in [0, 0.05) is 14.1 Å². The van der Waals surface area contributed by atoms with Gasteiger partial charge in [0.2, 0.25) is 15.8 Å². The summed E-state index contributed by atoms with van der Waals surface area (Å²) in [6.45, 7) is -0.172. The first-order valence-corrected chi connectivity index (χ1v) is 9.76. The molecule has 10 heteroatoms. The lowest BCUT2D eigenvalue weighted by Crippen LogP contribution is -2.22. The maximum atomic E-state index is 12.1. The largest absolute Gasteiger partial charge is 0.452 e. The fourth-order valence-electron chi connectivity index (χ4n) is 2.00. The Morgan fingerprint density at radius 2 is 1.96 bits per heavy atom. The molecule has 3 rings (SSSR count). The lowest BCUT2D eigenvalue weighted by Gasteiger charge is -2.11. The van der Waals surface area contributed by atoms with Gasteiger partial charge in [0.1, 0.15) is 0 Å². The van der Waals surface area contributed by atoms with E-state index in [1.54, 1.807) is 0 Å². The van der Waals surface area contributed by atoms with Crippen LogP contribution in [0.1, 0.15) is 16.2 Å². The summed E-state index contributed by atoms with van der Waals surface area (Å²) < 4.78 is 35.3. The van der Waals surface area contributed by atoms with Crippen LogP contribution >= 0.6 is 11.3 Å². The number of thiophene rings is 1. The van der Waals surface area contributed by atoms with Crippen LogP contribution in [0.15, 0.2) is 51.2 Å². The Bertz CT molecular complexity index is 993. The second kappa shape index (κ2) is 7.36. The van der Waals surface area contributed by atoms with Crippen LogP contribution in [0.3, 0.4) is 0 Å². The predicted octanol–water partition coefficient (Wildman–Crippen LogP) is 2.41. The van der Waals surface area contributed by atoms with E-state index < -0.39 is 16.0 Å². The number of hydrogen-bond acceptors (Lipinski definition) is 8. The molecule has 0 aliphatic heterocycles. The minimum atomic E-state index is -3.54. The van der Waals surface area contributed by atoms with Crippen molar-refractivity contribution in [3.63, 3.8) is 0 Å². The fraction of sp³-hybridized carbons (Fsp3) is 0.188. The van der Waals surface area contributed by atoms with E-state index in [2.05, 4.69) is 10.1 Å². The molecule has 0 saturated carbocycles. The third kappa shape index (κ3) is 3.82. The quantitative estimate of drug-likeness (QED) is 0.593. The molecule has 136 valence electrons. The van der Waals surface area contributed by atoms with Crippen LogP contribution in [0.4, 0.5) is 0 Å². The van der Waals surface area contributed by atoms with E-state index >= 15 is 0 Å². The average Bonchev–Trinajstić information content (AvgIpc) is 3.31. The molecule has 2 heterocycles. The molecule has 0 unspecified atom stereocenters. The number of hydrogen-bond donors (Lipinski definition) is 0. The molecule has 0 radical (unpaired) electrons. The number of carbonyl (C=O) groups is 1. The fourth-order valence-corrected chi connectivity index (χ4v) is 3.55. The minimum absolute atomic E-state index is 0.0940. The van der Waals surface area contributed by atoms with E-state index in [1.165, 1.54) is 49.7 Å². The van der Waals surface area contributed by atoms with E-state index in [1.807, 2.05) is 17.5 Å². The van der Waals surface area contributed by atoms with Gasteiger partial charge in [-0.1, -0.05) is 11.2 Å². The van der Waals surface area contributed by atoms with Gasteiger partial charge in [0.15, 0.2) is 6.61 Å². The van der Waals surface area contributed by atoms with Crippen molar-refractivity contribution in [2.45, 2.75) is 11.5 Å². The van der Waals surface area contributed by atoms with E-state index in [0.717, 1.165) is 9.18 Å². The summed E-state index contributed by atoms with van der Waals surface area (Å²) in [5, 5.41) is 5.72. The van der Waals surface area contributed by atoms with Crippen LogP contribution in [-0.4, -0.2) is 42.9 Å². The van der Waals surface area contributed by atoms with Gasteiger partial charge in [-0.25, -0.2) is 17.5 Å². The van der Waals surface area contributed by atoms with Gasteiger partial charge in [0.25, 0.3) is 5.89 Å². The Morgan fingerprint density at radius 3 is 2.58 bits per heavy atom. The second-order valence-corrected chi connectivity index (χ2v) is 8.48. The highest BCUT2D eigenvalue weighted by Crippen LogP contribution is 2.21. The highest BCUT2D eigenvalue weighted by Gasteiger charge is 2.18. The number of sulfonamides is 1. The van der Waals surface area contributed by atoms with Crippen molar-refractivity contribution < 1.29 is 22.5 Å². The van der Waals surface area contributed by atoms with Crippen LogP contribution in [0.5, 0.6) is 0 Å². The summed E-state index contributed by atoms with van der Waals surface area (Å²) in [5.41, 5.74) is 0.223. The number of aromatic nitrogens is 2. The highest BCUT2D eigenvalue weighted by molar-refractivity contribution is 7.89. The minimum Gasteiger partial charge on any atom is -0.452 e. The molecule has 26 heavy (non-hydrogen) atoms. The number of benzene rings is 1. The van der Waals surface area contributed by atoms with Gasteiger partial charge in [-0.2, -0.15) is 4.98 Å². The Morgan fingerprint density at radius 1 is 1.23 bits per heavy atom. The van der Waals surface area contributed by atoms with Gasteiger partial charge >= 0.3 is 5.97 Å². The van der Waals surface area contributed by atoms with Gasteiger partial charge in [0.05, 0.1) is 15.3 Å². The standard InChI is InChI=1S/C16H15N3O5S2/c1-19(2)26(21,22)12-7-5-11(6-8-12)16(20)23-10-14-17-15(18-24-14)13-4-3-9-25-13/h3-9H,10H2,1-2H3. The number of nitrogens with zero attached hydrogens (tertiary/aromatic N) is 3. The van der Waals surface area contributed by atoms with Crippen LogP contribution in [0, 0.1) is 0 Å². The third-order valence-corrected chi connectivity index (χ3v) is 6.10. The van der Waals surface area contributed by atoms with Crippen molar-refractivity contribution in [2.24, 2.45) is 0 Å². The summed E-state index contributed by atoms with van der Waals surface area (Å²) >= 11 is 1.47. The molecule has 8 nitrogen and oxygen atoms in total. The van der Waals surface area contributed by atoms with Crippen molar-refractivity contribution in [2.75, 3.05) is 14.1 Å². The molecule has 0 aliphatic carbocycles. The SMILES string of the molecule is CN(C)S(=O)(=O)c1ccc(C(=O)OCc2nc(-c3cccs3)no2)cc1. The first kappa shape index (κ1) is 18.2. The molecule has 0 aliphatic rings.